The van der Waals surface area contributed by atoms with Crippen molar-refractivity contribution < 1.29 is 22.4 Å². The molecule has 4 aromatic rings. The molecule has 44 heavy (non-hydrogen) atoms. The quantitative estimate of drug-likeness (QED) is 0.181. The fraction of sp³-hybridized carbons (Fsp3) is 0.235. The van der Waals surface area contributed by atoms with Gasteiger partial charge >= 0.3 is 0 Å². The van der Waals surface area contributed by atoms with E-state index in [1.807, 2.05) is 44.2 Å². The van der Waals surface area contributed by atoms with Gasteiger partial charge in [0, 0.05) is 29.5 Å². The molecule has 7 nitrogen and oxygen atoms in total. The van der Waals surface area contributed by atoms with E-state index >= 15 is 0 Å². The first-order valence-electron chi connectivity index (χ1n) is 14.3. The van der Waals surface area contributed by atoms with Gasteiger partial charge in [0.25, 0.3) is 10.0 Å². The van der Waals surface area contributed by atoms with E-state index in [-0.39, 0.29) is 29.1 Å². The number of aryl methyl sites for hydroxylation is 1. The fourth-order valence-electron chi connectivity index (χ4n) is 4.73. The normalized spacial score (nSPS) is 11.9. The summed E-state index contributed by atoms with van der Waals surface area (Å²) in [5, 5.41) is 2.88. The van der Waals surface area contributed by atoms with Crippen molar-refractivity contribution in [3.05, 3.63) is 130 Å². The highest BCUT2D eigenvalue weighted by atomic mass is 79.9. The van der Waals surface area contributed by atoms with Crippen molar-refractivity contribution in [1.29, 1.82) is 0 Å². The second-order valence-corrected chi connectivity index (χ2v) is 13.2. The second-order valence-electron chi connectivity index (χ2n) is 10.4. The summed E-state index contributed by atoms with van der Waals surface area (Å²) in [5.41, 5.74) is 2.14. The summed E-state index contributed by atoms with van der Waals surface area (Å²) in [6.45, 7) is 3.30. The lowest BCUT2D eigenvalue weighted by Crippen LogP contribution is -2.53. The second kappa shape index (κ2) is 15.1. The molecule has 0 aliphatic carbocycles. The van der Waals surface area contributed by atoms with E-state index in [9.17, 15) is 22.4 Å². The largest absolute Gasteiger partial charge is 0.354 e. The first-order chi connectivity index (χ1) is 21.1. The number of hydrogen-bond acceptors (Lipinski definition) is 4. The topological polar surface area (TPSA) is 86.8 Å². The molecule has 0 saturated carbocycles. The van der Waals surface area contributed by atoms with Crippen LogP contribution in [0.1, 0.15) is 30.0 Å². The molecular weight excluding hydrogens is 645 g/mol. The van der Waals surface area contributed by atoms with Gasteiger partial charge in [-0.1, -0.05) is 95.1 Å². The zero-order chi connectivity index (χ0) is 31.7. The van der Waals surface area contributed by atoms with Gasteiger partial charge in [0.15, 0.2) is 0 Å². The van der Waals surface area contributed by atoms with Crippen LogP contribution < -0.4 is 9.62 Å². The standard InChI is InChI=1S/C34H35BrFN3O4S/c1-3-20-37-34(41)32(21-26-10-5-4-6-11-26)38(23-27-12-7-8-15-31(27)36)33(40)24-39(29-14-9-13-28(35)22-29)44(42,43)30-18-16-25(2)17-19-30/h4-19,22,32H,3,20-21,23-24H2,1-2H3,(H,37,41)/t32-/m1/s1. The Morgan fingerprint density at radius 2 is 1.59 bits per heavy atom. The van der Waals surface area contributed by atoms with Gasteiger partial charge in [0.05, 0.1) is 10.6 Å². The summed E-state index contributed by atoms with van der Waals surface area (Å²) >= 11 is 3.40. The highest BCUT2D eigenvalue weighted by molar-refractivity contribution is 9.10. The number of sulfonamides is 1. The number of halogens is 2. The van der Waals surface area contributed by atoms with Crippen molar-refractivity contribution in [3.63, 3.8) is 0 Å². The minimum atomic E-state index is -4.23. The zero-order valence-corrected chi connectivity index (χ0v) is 27.0. The number of carbonyl (C=O) groups is 2. The number of benzene rings is 4. The minimum absolute atomic E-state index is 0.0121. The number of amides is 2. The molecule has 0 bridgehead atoms. The number of hydrogen-bond donors (Lipinski definition) is 1. The molecule has 0 aliphatic heterocycles. The molecule has 0 unspecified atom stereocenters. The molecule has 0 spiro atoms. The molecule has 2 amide bonds. The van der Waals surface area contributed by atoms with Crippen molar-refractivity contribution in [2.75, 3.05) is 17.4 Å². The van der Waals surface area contributed by atoms with E-state index in [0.29, 0.717) is 17.4 Å². The fourth-order valence-corrected chi connectivity index (χ4v) is 6.52. The predicted octanol–water partition coefficient (Wildman–Crippen LogP) is 6.26. The summed E-state index contributed by atoms with van der Waals surface area (Å²) in [4.78, 5) is 29.3. The third-order valence-corrected chi connectivity index (χ3v) is 9.38. The van der Waals surface area contributed by atoms with Gasteiger partial charge in [-0.25, -0.2) is 12.8 Å². The van der Waals surface area contributed by atoms with Crippen LogP contribution in [0.3, 0.4) is 0 Å². The van der Waals surface area contributed by atoms with Crippen LogP contribution in [-0.4, -0.2) is 44.3 Å². The van der Waals surface area contributed by atoms with Gasteiger partial charge in [-0.05, 0) is 55.3 Å². The lowest BCUT2D eigenvalue weighted by Gasteiger charge is -2.34. The number of rotatable bonds is 13. The Morgan fingerprint density at radius 1 is 0.909 bits per heavy atom. The molecule has 0 fully saturated rings. The van der Waals surface area contributed by atoms with Crippen molar-refractivity contribution in [3.8, 4) is 0 Å². The van der Waals surface area contributed by atoms with Gasteiger partial charge in [-0.2, -0.15) is 0 Å². The van der Waals surface area contributed by atoms with Crippen LogP contribution in [0.25, 0.3) is 0 Å². The Labute approximate surface area is 266 Å². The van der Waals surface area contributed by atoms with Crippen LogP contribution in [0, 0.1) is 12.7 Å². The van der Waals surface area contributed by atoms with Crippen molar-refractivity contribution >= 4 is 43.5 Å². The summed E-state index contributed by atoms with van der Waals surface area (Å²) in [7, 11) is -4.23. The van der Waals surface area contributed by atoms with Gasteiger partial charge < -0.3 is 10.2 Å². The number of anilines is 1. The maximum Gasteiger partial charge on any atom is 0.264 e. The van der Waals surface area contributed by atoms with Crippen LogP contribution >= 0.6 is 15.9 Å². The van der Waals surface area contributed by atoms with E-state index in [2.05, 4.69) is 21.2 Å². The van der Waals surface area contributed by atoms with Crippen LogP contribution in [0.15, 0.2) is 112 Å². The number of carbonyl (C=O) groups excluding carboxylic acids is 2. The molecule has 230 valence electrons. The number of nitrogens with one attached hydrogen (secondary N) is 1. The molecule has 10 heteroatoms. The van der Waals surface area contributed by atoms with Gasteiger partial charge in [-0.15, -0.1) is 0 Å². The summed E-state index contributed by atoms with van der Waals surface area (Å²) in [6.07, 6.45) is 0.828. The van der Waals surface area contributed by atoms with Crippen LogP contribution in [-0.2, 0) is 32.6 Å². The summed E-state index contributed by atoms with van der Waals surface area (Å²) < 4.78 is 44.7. The molecular formula is C34H35BrFN3O4S. The molecule has 4 rings (SSSR count). The lowest BCUT2D eigenvalue weighted by atomic mass is 10.0. The summed E-state index contributed by atoms with van der Waals surface area (Å²) in [5.74, 6) is -1.60. The zero-order valence-electron chi connectivity index (χ0n) is 24.6. The Hall–Kier alpha value is -4.02. The molecule has 0 heterocycles. The molecule has 0 aromatic heterocycles. The molecule has 0 radical (unpaired) electrons. The molecule has 0 saturated heterocycles. The van der Waals surface area contributed by atoms with E-state index in [1.165, 1.54) is 23.1 Å². The van der Waals surface area contributed by atoms with E-state index in [0.717, 1.165) is 15.4 Å². The average Bonchev–Trinajstić information content (AvgIpc) is 3.01. The molecule has 4 aromatic carbocycles. The van der Waals surface area contributed by atoms with Crippen molar-refractivity contribution in [2.24, 2.45) is 0 Å². The third-order valence-electron chi connectivity index (χ3n) is 7.10. The number of nitrogens with zero attached hydrogens (tertiary/aromatic N) is 2. The van der Waals surface area contributed by atoms with E-state index in [1.54, 1.807) is 54.6 Å². The highest BCUT2D eigenvalue weighted by Crippen LogP contribution is 2.27. The Bertz CT molecular complexity index is 1680. The first-order valence-corrected chi connectivity index (χ1v) is 16.5. The average molecular weight is 681 g/mol. The minimum Gasteiger partial charge on any atom is -0.354 e. The lowest BCUT2D eigenvalue weighted by molar-refractivity contribution is -0.140. The molecule has 1 atom stereocenters. The third kappa shape index (κ3) is 8.33. The van der Waals surface area contributed by atoms with Crippen LogP contribution in [0.4, 0.5) is 10.1 Å². The van der Waals surface area contributed by atoms with Gasteiger partial charge in [-0.3, -0.25) is 13.9 Å². The maximum absolute atomic E-state index is 15.0. The molecule has 0 aliphatic rings. The SMILES string of the molecule is CCCNC(=O)[C@@H](Cc1ccccc1)N(Cc1ccccc1F)C(=O)CN(c1cccc(Br)c1)S(=O)(=O)c1ccc(C)cc1. The predicted molar refractivity (Wildman–Crippen MR) is 174 cm³/mol. The van der Waals surface area contributed by atoms with Crippen molar-refractivity contribution in [1.82, 2.24) is 10.2 Å². The smallest absolute Gasteiger partial charge is 0.264 e. The van der Waals surface area contributed by atoms with Crippen LogP contribution in [0.5, 0.6) is 0 Å². The molecule has 1 N–H and O–H groups in total. The van der Waals surface area contributed by atoms with Crippen LogP contribution in [0.2, 0.25) is 0 Å². The maximum atomic E-state index is 15.0. The van der Waals surface area contributed by atoms with Gasteiger partial charge in [0.1, 0.15) is 18.4 Å². The monoisotopic (exact) mass is 679 g/mol. The highest BCUT2D eigenvalue weighted by Gasteiger charge is 2.35. The van der Waals surface area contributed by atoms with E-state index in [4.69, 9.17) is 0 Å². The van der Waals surface area contributed by atoms with Crippen molar-refractivity contribution in [2.45, 2.75) is 44.2 Å². The Morgan fingerprint density at radius 3 is 2.25 bits per heavy atom. The Balaban J connectivity index is 1.80. The first kappa shape index (κ1) is 32.9. The van der Waals surface area contributed by atoms with Gasteiger partial charge in [0.2, 0.25) is 11.8 Å². The summed E-state index contributed by atoms with van der Waals surface area (Å²) in [6, 6.07) is 27.2. The Kier molecular flexibility index (Phi) is 11.3. The van der Waals surface area contributed by atoms with E-state index < -0.39 is 40.2 Å².